The molecule has 5 nitrogen and oxygen atoms in total. The van der Waals surface area contributed by atoms with E-state index in [9.17, 15) is 13.6 Å². The molecule has 0 unspecified atom stereocenters. The Bertz CT molecular complexity index is 1040. The first kappa shape index (κ1) is 18.9. The predicted molar refractivity (Wildman–Crippen MR) is 104 cm³/mol. The number of aromatic nitrogens is 3. The normalized spacial score (nSPS) is 13.5. The van der Waals surface area contributed by atoms with Crippen molar-refractivity contribution >= 4 is 35.0 Å². The number of amides is 1. The summed E-state index contributed by atoms with van der Waals surface area (Å²) in [5.41, 5.74) is 0.396. The van der Waals surface area contributed by atoms with Gasteiger partial charge in [0, 0.05) is 11.1 Å². The van der Waals surface area contributed by atoms with Crippen molar-refractivity contribution in [3.8, 4) is 11.4 Å². The molecule has 28 heavy (non-hydrogen) atoms. The second-order valence-electron chi connectivity index (χ2n) is 6.35. The van der Waals surface area contributed by atoms with E-state index in [2.05, 4.69) is 15.5 Å². The number of halogens is 3. The molecule has 0 saturated heterocycles. The number of thioether (sulfide) groups is 1. The van der Waals surface area contributed by atoms with E-state index < -0.39 is 11.7 Å². The second kappa shape index (κ2) is 7.89. The molecule has 1 aromatic heterocycles. The number of nitrogens with zero attached hydrogens (tertiary/aromatic N) is 3. The lowest BCUT2D eigenvalue weighted by Gasteiger charge is -2.10. The number of anilines is 1. The molecule has 1 saturated carbocycles. The topological polar surface area (TPSA) is 59.8 Å². The predicted octanol–water partition coefficient (Wildman–Crippen LogP) is 4.94. The maximum atomic E-state index is 14.2. The van der Waals surface area contributed by atoms with E-state index in [1.807, 2.05) is 4.57 Å². The van der Waals surface area contributed by atoms with Gasteiger partial charge >= 0.3 is 0 Å². The smallest absolute Gasteiger partial charge is 0.234 e. The number of hydrogen-bond acceptors (Lipinski definition) is 4. The monoisotopic (exact) mass is 420 g/mol. The van der Waals surface area contributed by atoms with Gasteiger partial charge in [0.05, 0.1) is 17.0 Å². The fourth-order valence-electron chi connectivity index (χ4n) is 2.77. The lowest BCUT2D eigenvalue weighted by Crippen LogP contribution is -2.15. The quantitative estimate of drug-likeness (QED) is 0.573. The number of hydrogen-bond donors (Lipinski definition) is 1. The first-order valence-corrected chi connectivity index (χ1v) is 9.97. The largest absolute Gasteiger partial charge is 0.323 e. The maximum absolute atomic E-state index is 14.2. The molecule has 1 fully saturated rings. The highest BCUT2D eigenvalue weighted by molar-refractivity contribution is 7.99. The highest BCUT2D eigenvalue weighted by Crippen LogP contribution is 2.41. The van der Waals surface area contributed by atoms with Crippen molar-refractivity contribution in [1.82, 2.24) is 14.8 Å². The van der Waals surface area contributed by atoms with Crippen LogP contribution in [0.15, 0.2) is 47.6 Å². The van der Waals surface area contributed by atoms with Crippen molar-refractivity contribution in [1.29, 1.82) is 0 Å². The van der Waals surface area contributed by atoms with E-state index in [1.54, 1.807) is 18.2 Å². The van der Waals surface area contributed by atoms with Crippen LogP contribution in [0.4, 0.5) is 14.5 Å². The van der Waals surface area contributed by atoms with Crippen LogP contribution in [0.2, 0.25) is 5.02 Å². The van der Waals surface area contributed by atoms with Crippen molar-refractivity contribution in [3.05, 3.63) is 59.1 Å². The van der Waals surface area contributed by atoms with Gasteiger partial charge in [-0.15, -0.1) is 10.2 Å². The van der Waals surface area contributed by atoms with Gasteiger partial charge in [0.2, 0.25) is 5.91 Å². The summed E-state index contributed by atoms with van der Waals surface area (Å²) in [7, 11) is 0. The second-order valence-corrected chi connectivity index (χ2v) is 7.73. The summed E-state index contributed by atoms with van der Waals surface area (Å²) >= 11 is 7.01. The molecular formula is C19H15ClF2N4OS. The van der Waals surface area contributed by atoms with E-state index in [-0.39, 0.29) is 23.3 Å². The summed E-state index contributed by atoms with van der Waals surface area (Å²) in [5.74, 6) is -0.879. The maximum Gasteiger partial charge on any atom is 0.234 e. The highest BCUT2D eigenvalue weighted by Gasteiger charge is 2.31. The molecule has 4 rings (SSSR count). The van der Waals surface area contributed by atoms with E-state index in [0.717, 1.165) is 12.8 Å². The zero-order valence-corrected chi connectivity index (χ0v) is 16.1. The molecule has 0 radical (unpaired) electrons. The third-order valence-corrected chi connectivity index (χ3v) is 5.40. The molecule has 3 aromatic rings. The summed E-state index contributed by atoms with van der Waals surface area (Å²) in [6.07, 6.45) is 1.90. The molecule has 2 aromatic carbocycles. The summed E-state index contributed by atoms with van der Waals surface area (Å²) in [6, 6.07) is 10.5. The van der Waals surface area contributed by atoms with E-state index in [0.29, 0.717) is 21.6 Å². The first-order chi connectivity index (χ1) is 13.5. The van der Waals surface area contributed by atoms with Crippen molar-refractivity contribution in [3.63, 3.8) is 0 Å². The number of rotatable bonds is 6. The van der Waals surface area contributed by atoms with Gasteiger partial charge in [-0.1, -0.05) is 35.5 Å². The van der Waals surface area contributed by atoms with Crippen LogP contribution in [-0.2, 0) is 4.79 Å². The molecule has 9 heteroatoms. The number of carbonyl (C=O) groups excluding carboxylic acids is 1. The van der Waals surface area contributed by atoms with Gasteiger partial charge in [-0.3, -0.25) is 9.36 Å². The van der Waals surface area contributed by atoms with Crippen LogP contribution in [0.1, 0.15) is 18.9 Å². The molecule has 0 bridgehead atoms. The lowest BCUT2D eigenvalue weighted by molar-refractivity contribution is -0.113. The Balaban J connectivity index is 1.50. The summed E-state index contributed by atoms with van der Waals surface area (Å²) in [5, 5.41) is 11.6. The van der Waals surface area contributed by atoms with Crippen molar-refractivity contribution in [2.75, 3.05) is 11.1 Å². The minimum atomic E-state index is -0.564. The van der Waals surface area contributed by atoms with Crippen LogP contribution >= 0.6 is 23.4 Å². The van der Waals surface area contributed by atoms with Crippen molar-refractivity contribution < 1.29 is 13.6 Å². The zero-order valence-electron chi connectivity index (χ0n) is 14.5. The Morgan fingerprint density at radius 1 is 1.18 bits per heavy atom. The molecule has 0 aliphatic heterocycles. The summed E-state index contributed by atoms with van der Waals surface area (Å²) < 4.78 is 29.8. The van der Waals surface area contributed by atoms with Gasteiger partial charge in [0.15, 0.2) is 11.0 Å². The highest BCUT2D eigenvalue weighted by atomic mass is 35.5. The minimum absolute atomic E-state index is 0.00801. The zero-order chi connectivity index (χ0) is 19.7. The van der Waals surface area contributed by atoms with Gasteiger partial charge in [0.25, 0.3) is 0 Å². The molecule has 1 aliphatic carbocycles. The number of carbonyl (C=O) groups is 1. The average Bonchev–Trinajstić information content (AvgIpc) is 3.43. The third-order valence-electron chi connectivity index (χ3n) is 4.23. The van der Waals surface area contributed by atoms with Crippen molar-refractivity contribution in [2.45, 2.75) is 24.0 Å². The van der Waals surface area contributed by atoms with Crippen LogP contribution in [0.5, 0.6) is 0 Å². The first-order valence-electron chi connectivity index (χ1n) is 8.60. The van der Waals surface area contributed by atoms with Gasteiger partial charge in [-0.25, -0.2) is 8.78 Å². The number of nitrogens with one attached hydrogen (secondary N) is 1. The summed E-state index contributed by atoms with van der Waals surface area (Å²) in [6.45, 7) is 0. The van der Waals surface area contributed by atoms with Crippen molar-refractivity contribution in [2.24, 2.45) is 0 Å². The van der Waals surface area contributed by atoms with Crippen LogP contribution in [0, 0.1) is 11.6 Å². The lowest BCUT2D eigenvalue weighted by atomic mass is 10.2. The Morgan fingerprint density at radius 2 is 1.96 bits per heavy atom. The van der Waals surface area contributed by atoms with Crippen LogP contribution in [-0.4, -0.2) is 26.4 Å². The molecule has 1 heterocycles. The van der Waals surface area contributed by atoms with Gasteiger partial charge in [-0.05, 0) is 43.2 Å². The average molecular weight is 421 g/mol. The molecule has 144 valence electrons. The third kappa shape index (κ3) is 4.02. The molecular weight excluding hydrogens is 406 g/mol. The van der Waals surface area contributed by atoms with E-state index in [1.165, 1.54) is 36.0 Å². The Hall–Kier alpha value is -2.45. The fraction of sp³-hybridized carbons (Fsp3) is 0.211. The van der Waals surface area contributed by atoms with Crippen LogP contribution in [0.3, 0.4) is 0 Å². The van der Waals surface area contributed by atoms with Crippen LogP contribution < -0.4 is 5.32 Å². The SMILES string of the molecule is O=C(CSc1nnc(-c2ccccc2F)n1C1CC1)Nc1cc(Cl)ccc1F. The Morgan fingerprint density at radius 3 is 2.71 bits per heavy atom. The van der Waals surface area contributed by atoms with Crippen LogP contribution in [0.25, 0.3) is 11.4 Å². The molecule has 1 aliphatic rings. The number of benzene rings is 2. The fourth-order valence-corrected chi connectivity index (χ4v) is 3.75. The van der Waals surface area contributed by atoms with E-state index in [4.69, 9.17) is 11.6 Å². The summed E-state index contributed by atoms with van der Waals surface area (Å²) in [4.78, 5) is 12.2. The molecule has 0 spiro atoms. The molecule has 0 atom stereocenters. The van der Waals surface area contributed by atoms with E-state index >= 15 is 0 Å². The molecule has 1 amide bonds. The minimum Gasteiger partial charge on any atom is -0.323 e. The Labute approximate surface area is 169 Å². The van der Waals surface area contributed by atoms with Gasteiger partial charge < -0.3 is 5.32 Å². The van der Waals surface area contributed by atoms with Gasteiger partial charge in [-0.2, -0.15) is 0 Å². The standard InChI is InChI=1S/C19H15ClF2N4OS/c20-11-5-8-15(22)16(9-11)23-17(27)10-28-19-25-24-18(26(19)12-6-7-12)13-3-1-2-4-14(13)21/h1-5,8-9,12H,6-7,10H2,(H,23,27). The Kier molecular flexibility index (Phi) is 5.32. The molecule has 1 N–H and O–H groups in total. The van der Waals surface area contributed by atoms with Gasteiger partial charge in [0.1, 0.15) is 11.6 Å².